The lowest BCUT2D eigenvalue weighted by Crippen LogP contribution is -2.40. The van der Waals surface area contributed by atoms with Crippen LogP contribution in [0.3, 0.4) is 0 Å². The van der Waals surface area contributed by atoms with Crippen LogP contribution in [0.15, 0.2) is 39.6 Å². The van der Waals surface area contributed by atoms with E-state index in [9.17, 15) is 9.59 Å². The van der Waals surface area contributed by atoms with E-state index >= 15 is 0 Å². The van der Waals surface area contributed by atoms with E-state index in [1.165, 1.54) is 43.9 Å². The maximum absolute atomic E-state index is 12.9. The molecule has 1 aromatic carbocycles. The molecule has 4 rings (SSSR count). The predicted molar refractivity (Wildman–Crippen MR) is 123 cm³/mol. The van der Waals surface area contributed by atoms with Gasteiger partial charge in [-0.05, 0) is 69.3 Å². The van der Waals surface area contributed by atoms with Crippen LogP contribution < -0.4 is 10.3 Å². The third kappa shape index (κ3) is 6.48. The number of H-pyrrole nitrogens is 1. The number of ether oxygens (including phenoxy) is 1. The van der Waals surface area contributed by atoms with Crippen molar-refractivity contribution in [2.24, 2.45) is 0 Å². The minimum absolute atomic E-state index is 0.0753. The van der Waals surface area contributed by atoms with Crippen LogP contribution in [0.5, 0.6) is 5.75 Å². The van der Waals surface area contributed by atoms with Crippen molar-refractivity contribution in [1.29, 1.82) is 0 Å². The number of carbonyl (C=O) groups is 1. The van der Waals surface area contributed by atoms with Gasteiger partial charge >= 0.3 is 0 Å². The molecule has 2 aromatic rings. The standard InChI is InChI=1S/C25H35N3O4/c29-24-19-23(32-26-24)11-12-25(30)28-15-4-3-14-27-13-2-1-7-21(27)10-9-20-6-5-8-22(18-20)31-17-16-28/h5-6,8,18-19,21H,1-4,7,9-17H2,(H,26,29). The number of nitrogens with one attached hydrogen (secondary N) is 1. The number of aromatic nitrogens is 1. The molecule has 32 heavy (non-hydrogen) atoms. The Morgan fingerprint density at radius 3 is 2.72 bits per heavy atom. The summed E-state index contributed by atoms with van der Waals surface area (Å²) in [5.74, 6) is 1.47. The second-order valence-electron chi connectivity index (χ2n) is 8.99. The van der Waals surface area contributed by atoms with Gasteiger partial charge in [0.1, 0.15) is 18.1 Å². The molecule has 1 amide bonds. The predicted octanol–water partition coefficient (Wildman–Crippen LogP) is 3.39. The Hall–Kier alpha value is -2.54. The van der Waals surface area contributed by atoms with Gasteiger partial charge < -0.3 is 19.1 Å². The molecular formula is C25H35N3O4. The number of hydrogen-bond donors (Lipinski definition) is 1. The van der Waals surface area contributed by atoms with Gasteiger partial charge in [-0.3, -0.25) is 9.59 Å². The summed E-state index contributed by atoms with van der Waals surface area (Å²) in [5, 5.41) is 2.28. The van der Waals surface area contributed by atoms with E-state index in [1.54, 1.807) is 0 Å². The van der Waals surface area contributed by atoms with E-state index in [4.69, 9.17) is 9.26 Å². The first kappa shape index (κ1) is 22.6. The molecule has 174 valence electrons. The highest BCUT2D eigenvalue weighted by molar-refractivity contribution is 5.76. The largest absolute Gasteiger partial charge is 0.492 e. The molecule has 7 nitrogen and oxygen atoms in total. The summed E-state index contributed by atoms with van der Waals surface area (Å²) in [6, 6.07) is 10.5. The van der Waals surface area contributed by atoms with E-state index in [0.717, 1.165) is 38.1 Å². The van der Waals surface area contributed by atoms with Crippen LogP contribution in [0.25, 0.3) is 0 Å². The number of rotatable bonds is 3. The zero-order valence-corrected chi connectivity index (χ0v) is 18.9. The van der Waals surface area contributed by atoms with Crippen molar-refractivity contribution in [2.75, 3.05) is 32.8 Å². The quantitative estimate of drug-likeness (QED) is 0.790. The second kappa shape index (κ2) is 11.4. The Kier molecular flexibility index (Phi) is 8.04. The van der Waals surface area contributed by atoms with Crippen LogP contribution in [-0.2, 0) is 17.6 Å². The Bertz CT molecular complexity index is 922. The maximum Gasteiger partial charge on any atom is 0.280 e. The lowest BCUT2D eigenvalue weighted by Gasteiger charge is -2.36. The fourth-order valence-electron chi connectivity index (χ4n) is 4.89. The fourth-order valence-corrected chi connectivity index (χ4v) is 4.89. The summed E-state index contributed by atoms with van der Waals surface area (Å²) in [6.07, 6.45) is 9.02. The SMILES string of the molecule is O=C(CCc1cc(=O)[nH]o1)N1CCCCN2CCCCC2CCc2cccc(c2)OCC1. The average molecular weight is 442 g/mol. The molecule has 2 aliphatic heterocycles. The molecule has 0 aliphatic carbocycles. The molecule has 1 unspecified atom stereocenters. The number of fused-ring (bicyclic) bond motifs is 3. The zero-order chi connectivity index (χ0) is 22.2. The van der Waals surface area contributed by atoms with Gasteiger partial charge in [-0.15, -0.1) is 0 Å². The van der Waals surface area contributed by atoms with E-state index in [0.29, 0.717) is 37.8 Å². The number of nitrogens with zero attached hydrogens (tertiary/aromatic N) is 2. The first-order valence-corrected chi connectivity index (χ1v) is 12.1. The molecule has 1 aromatic heterocycles. The topological polar surface area (TPSA) is 78.8 Å². The minimum Gasteiger partial charge on any atom is -0.492 e. The highest BCUT2D eigenvalue weighted by atomic mass is 16.5. The summed E-state index contributed by atoms with van der Waals surface area (Å²) < 4.78 is 11.1. The Balaban J connectivity index is 1.40. The Morgan fingerprint density at radius 2 is 1.88 bits per heavy atom. The van der Waals surface area contributed by atoms with Crippen molar-refractivity contribution in [3.63, 3.8) is 0 Å². The molecule has 2 aliphatic rings. The van der Waals surface area contributed by atoms with Crippen LogP contribution in [0.1, 0.15) is 56.3 Å². The van der Waals surface area contributed by atoms with Gasteiger partial charge in [-0.2, -0.15) is 5.16 Å². The smallest absolute Gasteiger partial charge is 0.280 e. The highest BCUT2D eigenvalue weighted by Gasteiger charge is 2.22. The summed E-state index contributed by atoms with van der Waals surface area (Å²) in [6.45, 7) is 4.07. The normalized spacial score (nSPS) is 21.1. The van der Waals surface area contributed by atoms with Crippen LogP contribution >= 0.6 is 0 Å². The Morgan fingerprint density at radius 1 is 1.03 bits per heavy atom. The van der Waals surface area contributed by atoms with E-state index in [1.807, 2.05) is 11.0 Å². The number of aryl methyl sites for hydroxylation is 2. The van der Waals surface area contributed by atoms with Crippen LogP contribution in [0, 0.1) is 0 Å². The van der Waals surface area contributed by atoms with E-state index in [-0.39, 0.29) is 11.5 Å². The van der Waals surface area contributed by atoms with Gasteiger partial charge in [-0.1, -0.05) is 18.6 Å². The van der Waals surface area contributed by atoms with Crippen molar-refractivity contribution in [2.45, 2.75) is 63.8 Å². The molecule has 1 N–H and O–H groups in total. The van der Waals surface area contributed by atoms with Crippen molar-refractivity contribution >= 4 is 5.91 Å². The number of aromatic amines is 1. The lowest BCUT2D eigenvalue weighted by atomic mass is 9.95. The number of benzene rings is 1. The monoisotopic (exact) mass is 441 g/mol. The molecule has 2 bridgehead atoms. The number of piperidine rings is 1. The van der Waals surface area contributed by atoms with Crippen LogP contribution in [-0.4, -0.2) is 59.7 Å². The summed E-state index contributed by atoms with van der Waals surface area (Å²) in [4.78, 5) is 28.7. The van der Waals surface area contributed by atoms with E-state index < -0.39 is 0 Å². The summed E-state index contributed by atoms with van der Waals surface area (Å²) >= 11 is 0. The van der Waals surface area contributed by atoms with Gasteiger partial charge in [0, 0.05) is 31.5 Å². The molecule has 0 spiro atoms. The minimum atomic E-state index is -0.270. The third-order valence-electron chi connectivity index (χ3n) is 6.68. The van der Waals surface area contributed by atoms with Crippen molar-refractivity contribution < 1.29 is 14.1 Å². The summed E-state index contributed by atoms with van der Waals surface area (Å²) in [5.41, 5.74) is 1.05. The van der Waals surface area contributed by atoms with Gasteiger partial charge in [0.15, 0.2) is 0 Å². The van der Waals surface area contributed by atoms with Gasteiger partial charge in [-0.25, -0.2) is 0 Å². The summed E-state index contributed by atoms with van der Waals surface area (Å²) in [7, 11) is 0. The van der Waals surface area contributed by atoms with Crippen LogP contribution in [0.4, 0.5) is 0 Å². The fraction of sp³-hybridized carbons (Fsp3) is 0.600. The molecule has 7 heteroatoms. The second-order valence-corrected chi connectivity index (χ2v) is 8.99. The molecule has 1 fully saturated rings. The van der Waals surface area contributed by atoms with Crippen LogP contribution in [0.2, 0.25) is 0 Å². The third-order valence-corrected chi connectivity index (χ3v) is 6.68. The lowest BCUT2D eigenvalue weighted by molar-refractivity contribution is -0.131. The molecule has 1 atom stereocenters. The zero-order valence-electron chi connectivity index (χ0n) is 18.9. The van der Waals surface area contributed by atoms with Crippen molar-refractivity contribution in [3.05, 3.63) is 52.0 Å². The van der Waals surface area contributed by atoms with Gasteiger partial charge in [0.2, 0.25) is 5.91 Å². The van der Waals surface area contributed by atoms with Gasteiger partial charge in [0.25, 0.3) is 5.56 Å². The number of amides is 1. The van der Waals surface area contributed by atoms with Crippen molar-refractivity contribution in [1.82, 2.24) is 15.0 Å². The number of hydrogen-bond acceptors (Lipinski definition) is 5. The van der Waals surface area contributed by atoms with Crippen molar-refractivity contribution in [3.8, 4) is 5.75 Å². The molecule has 3 heterocycles. The molecular weight excluding hydrogens is 406 g/mol. The number of carbonyl (C=O) groups excluding carboxylic acids is 1. The van der Waals surface area contributed by atoms with Gasteiger partial charge in [0.05, 0.1) is 6.54 Å². The molecule has 0 radical (unpaired) electrons. The molecule has 0 saturated carbocycles. The highest BCUT2D eigenvalue weighted by Crippen LogP contribution is 2.23. The molecule has 1 saturated heterocycles. The average Bonchev–Trinajstić information content (AvgIpc) is 3.23. The first-order chi connectivity index (χ1) is 15.7. The van der Waals surface area contributed by atoms with E-state index in [2.05, 4.69) is 28.3 Å². The maximum atomic E-state index is 12.9. The first-order valence-electron chi connectivity index (χ1n) is 12.1. The Labute approximate surface area is 189 Å².